The number of fused-ring (bicyclic) bond motifs is 2. The zero-order chi connectivity index (χ0) is 19.8. The summed E-state index contributed by atoms with van der Waals surface area (Å²) in [4.78, 5) is 2.41. The first kappa shape index (κ1) is 18.5. The third-order valence-corrected chi connectivity index (χ3v) is 5.99. The molecule has 8 heteroatoms. The van der Waals surface area contributed by atoms with Gasteiger partial charge in [-0.05, 0) is 37.5 Å². The van der Waals surface area contributed by atoms with E-state index in [-0.39, 0.29) is 12.6 Å². The molecule has 2 aliphatic rings. The van der Waals surface area contributed by atoms with Crippen LogP contribution in [-0.4, -0.2) is 49.9 Å². The molecule has 0 unspecified atom stereocenters. The molecule has 29 heavy (non-hydrogen) atoms. The standard InChI is InChI=1S/C21H25F2N5O/c22-19(23)13-27-12-8-16-17(27)3-1-4-18(16)29-15-6-10-26(11-7-15)14-21-25-24-20-5-2-9-28(20)21/h1,3-4,8,12,15,19H,2,5-7,9-11,13-14H2. The summed E-state index contributed by atoms with van der Waals surface area (Å²) in [5.74, 6) is 2.97. The topological polar surface area (TPSA) is 48.1 Å². The largest absolute Gasteiger partial charge is 0.490 e. The van der Waals surface area contributed by atoms with Gasteiger partial charge in [0.25, 0.3) is 6.43 Å². The minimum absolute atomic E-state index is 0.138. The highest BCUT2D eigenvalue weighted by Crippen LogP contribution is 2.30. The van der Waals surface area contributed by atoms with Crippen LogP contribution >= 0.6 is 0 Å². The molecule has 0 radical (unpaired) electrons. The van der Waals surface area contributed by atoms with E-state index in [0.29, 0.717) is 0 Å². The molecule has 1 saturated heterocycles. The maximum atomic E-state index is 12.8. The fourth-order valence-corrected chi connectivity index (χ4v) is 4.50. The molecule has 0 N–H and O–H groups in total. The third kappa shape index (κ3) is 3.73. The fraction of sp³-hybridized carbons (Fsp3) is 0.524. The molecule has 0 amide bonds. The maximum absolute atomic E-state index is 12.8. The zero-order valence-corrected chi connectivity index (χ0v) is 16.3. The van der Waals surface area contributed by atoms with Crippen molar-refractivity contribution in [3.05, 3.63) is 42.1 Å². The van der Waals surface area contributed by atoms with Crippen molar-refractivity contribution in [3.8, 4) is 5.75 Å². The summed E-state index contributed by atoms with van der Waals surface area (Å²) in [5, 5.41) is 9.55. The maximum Gasteiger partial charge on any atom is 0.256 e. The summed E-state index contributed by atoms with van der Waals surface area (Å²) in [6.45, 7) is 3.49. The third-order valence-electron chi connectivity index (χ3n) is 5.99. The number of piperidine rings is 1. The lowest BCUT2D eigenvalue weighted by Gasteiger charge is -2.32. The SMILES string of the molecule is FC(F)Cn1ccc2c(OC3CCN(Cc4nnc5n4CCC5)CC3)cccc21. The van der Waals surface area contributed by atoms with Crippen LogP contribution in [0, 0.1) is 0 Å². The van der Waals surface area contributed by atoms with Crippen LogP contribution in [0.5, 0.6) is 5.75 Å². The number of ether oxygens (including phenoxy) is 1. The van der Waals surface area contributed by atoms with Crippen molar-refractivity contribution in [3.63, 3.8) is 0 Å². The number of rotatable bonds is 6. The van der Waals surface area contributed by atoms with Crippen molar-refractivity contribution in [1.29, 1.82) is 0 Å². The summed E-state index contributed by atoms with van der Waals surface area (Å²) in [6, 6.07) is 7.54. The normalized spacial score (nSPS) is 18.0. The quantitative estimate of drug-likeness (QED) is 0.635. The predicted molar refractivity (Wildman–Crippen MR) is 105 cm³/mol. The van der Waals surface area contributed by atoms with Crippen LogP contribution in [-0.2, 0) is 26.1 Å². The molecule has 5 rings (SSSR count). The summed E-state index contributed by atoms with van der Waals surface area (Å²) < 4.78 is 35.7. The Labute approximate surface area is 168 Å². The Bertz CT molecular complexity index is 990. The molecular formula is C21H25F2N5O. The summed E-state index contributed by atoms with van der Waals surface area (Å²) in [7, 11) is 0. The van der Waals surface area contributed by atoms with Crippen molar-refractivity contribution in [2.45, 2.75) is 57.8 Å². The van der Waals surface area contributed by atoms with E-state index in [1.165, 1.54) is 6.42 Å². The molecule has 3 aromatic rings. The highest BCUT2D eigenvalue weighted by Gasteiger charge is 2.24. The number of aryl methyl sites for hydroxylation is 1. The van der Waals surface area contributed by atoms with Gasteiger partial charge in [0, 0.05) is 37.6 Å². The minimum Gasteiger partial charge on any atom is -0.490 e. The van der Waals surface area contributed by atoms with Gasteiger partial charge in [-0.2, -0.15) is 0 Å². The van der Waals surface area contributed by atoms with E-state index in [9.17, 15) is 8.78 Å². The summed E-state index contributed by atoms with van der Waals surface area (Å²) in [6.07, 6.45) is 3.56. The lowest BCUT2D eigenvalue weighted by molar-refractivity contribution is 0.0958. The first-order valence-electron chi connectivity index (χ1n) is 10.3. The smallest absolute Gasteiger partial charge is 0.256 e. The Hall–Kier alpha value is -2.48. The molecule has 0 spiro atoms. The Morgan fingerprint density at radius 1 is 1.10 bits per heavy atom. The second kappa shape index (κ2) is 7.74. The van der Waals surface area contributed by atoms with Gasteiger partial charge < -0.3 is 13.9 Å². The highest BCUT2D eigenvalue weighted by atomic mass is 19.3. The fourth-order valence-electron chi connectivity index (χ4n) is 4.50. The minimum atomic E-state index is -2.37. The van der Waals surface area contributed by atoms with Crippen LogP contribution in [0.25, 0.3) is 10.9 Å². The molecule has 0 saturated carbocycles. The van der Waals surface area contributed by atoms with Gasteiger partial charge in [0.15, 0.2) is 0 Å². The van der Waals surface area contributed by atoms with Crippen LogP contribution in [0.4, 0.5) is 8.78 Å². The van der Waals surface area contributed by atoms with Crippen LogP contribution in [0.15, 0.2) is 30.5 Å². The monoisotopic (exact) mass is 401 g/mol. The van der Waals surface area contributed by atoms with Crippen LogP contribution in [0.1, 0.15) is 30.9 Å². The summed E-state index contributed by atoms with van der Waals surface area (Å²) in [5.41, 5.74) is 0.792. The van der Waals surface area contributed by atoms with E-state index in [2.05, 4.69) is 19.7 Å². The molecule has 0 atom stereocenters. The van der Waals surface area contributed by atoms with Gasteiger partial charge in [-0.25, -0.2) is 8.78 Å². The molecule has 6 nitrogen and oxygen atoms in total. The number of halogens is 2. The number of aromatic nitrogens is 4. The predicted octanol–water partition coefficient (Wildman–Crippen LogP) is 3.49. The highest BCUT2D eigenvalue weighted by molar-refractivity contribution is 5.86. The van der Waals surface area contributed by atoms with Crippen molar-refractivity contribution < 1.29 is 13.5 Å². The lowest BCUT2D eigenvalue weighted by Crippen LogP contribution is -2.38. The second-order valence-corrected chi connectivity index (χ2v) is 7.93. The molecule has 2 aliphatic heterocycles. The Morgan fingerprint density at radius 3 is 2.79 bits per heavy atom. The van der Waals surface area contributed by atoms with Crippen LogP contribution in [0.3, 0.4) is 0 Å². The number of alkyl halides is 2. The van der Waals surface area contributed by atoms with Crippen molar-refractivity contribution in [1.82, 2.24) is 24.2 Å². The van der Waals surface area contributed by atoms with Gasteiger partial charge in [0.2, 0.25) is 0 Å². The van der Waals surface area contributed by atoms with Crippen molar-refractivity contribution >= 4 is 10.9 Å². The average molecular weight is 401 g/mol. The Morgan fingerprint density at radius 2 is 1.97 bits per heavy atom. The van der Waals surface area contributed by atoms with E-state index in [0.717, 1.165) is 73.7 Å². The van der Waals surface area contributed by atoms with E-state index in [4.69, 9.17) is 4.74 Å². The first-order valence-corrected chi connectivity index (χ1v) is 10.3. The van der Waals surface area contributed by atoms with E-state index in [1.54, 1.807) is 10.8 Å². The average Bonchev–Trinajstić information content (AvgIpc) is 3.41. The Kier molecular flexibility index (Phi) is 4.95. The molecule has 154 valence electrons. The van der Waals surface area contributed by atoms with Gasteiger partial charge in [0.1, 0.15) is 23.5 Å². The second-order valence-electron chi connectivity index (χ2n) is 7.93. The van der Waals surface area contributed by atoms with Crippen LogP contribution in [0.2, 0.25) is 0 Å². The Balaban J connectivity index is 1.21. The molecule has 4 heterocycles. The molecule has 0 bridgehead atoms. The molecular weight excluding hydrogens is 376 g/mol. The van der Waals surface area contributed by atoms with E-state index >= 15 is 0 Å². The molecule has 1 aromatic carbocycles. The van der Waals surface area contributed by atoms with Gasteiger partial charge in [0.05, 0.1) is 18.6 Å². The van der Waals surface area contributed by atoms with E-state index < -0.39 is 6.43 Å². The first-order chi connectivity index (χ1) is 14.2. The number of likely N-dealkylation sites (tertiary alicyclic amines) is 1. The summed E-state index contributed by atoms with van der Waals surface area (Å²) >= 11 is 0. The number of hydrogen-bond acceptors (Lipinski definition) is 4. The number of hydrogen-bond donors (Lipinski definition) is 0. The number of benzene rings is 1. The van der Waals surface area contributed by atoms with Crippen LogP contribution < -0.4 is 4.74 Å². The van der Waals surface area contributed by atoms with Gasteiger partial charge >= 0.3 is 0 Å². The van der Waals surface area contributed by atoms with Gasteiger partial charge in [-0.15, -0.1) is 10.2 Å². The van der Waals surface area contributed by atoms with Gasteiger partial charge in [-0.1, -0.05) is 6.07 Å². The molecule has 0 aliphatic carbocycles. The van der Waals surface area contributed by atoms with Gasteiger partial charge in [-0.3, -0.25) is 4.90 Å². The van der Waals surface area contributed by atoms with Crippen molar-refractivity contribution in [2.75, 3.05) is 13.1 Å². The zero-order valence-electron chi connectivity index (χ0n) is 16.3. The molecule has 2 aromatic heterocycles. The van der Waals surface area contributed by atoms with E-state index in [1.807, 2.05) is 24.3 Å². The van der Waals surface area contributed by atoms with Crippen molar-refractivity contribution in [2.24, 2.45) is 0 Å². The number of nitrogens with zero attached hydrogens (tertiary/aromatic N) is 5. The molecule has 1 fully saturated rings. The lowest BCUT2D eigenvalue weighted by atomic mass is 10.1.